The fourth-order valence-electron chi connectivity index (χ4n) is 4.57. The highest BCUT2D eigenvalue weighted by molar-refractivity contribution is 8.00. The van der Waals surface area contributed by atoms with Gasteiger partial charge < -0.3 is 14.8 Å². The molecule has 0 radical (unpaired) electrons. The summed E-state index contributed by atoms with van der Waals surface area (Å²) in [5, 5.41) is 4.07. The fraction of sp³-hybridized carbons (Fsp3) is 0.344. The molecule has 210 valence electrons. The van der Waals surface area contributed by atoms with Crippen LogP contribution in [-0.4, -0.2) is 18.1 Å². The van der Waals surface area contributed by atoms with Crippen LogP contribution in [0, 0.1) is 5.41 Å². The predicted octanol–water partition coefficient (Wildman–Crippen LogP) is 10.1. The van der Waals surface area contributed by atoms with E-state index in [0.717, 1.165) is 46.2 Å². The Morgan fingerprint density at radius 1 is 0.950 bits per heavy atom. The molecule has 4 nitrogen and oxygen atoms in total. The number of alkyl halides is 2. The molecule has 5 rings (SSSR count). The number of thiazole rings is 1. The van der Waals surface area contributed by atoms with E-state index in [9.17, 15) is 0 Å². The van der Waals surface area contributed by atoms with Crippen molar-refractivity contribution < 1.29 is 13.5 Å². The third kappa shape index (κ3) is 7.15. The van der Waals surface area contributed by atoms with Crippen LogP contribution in [0.1, 0.15) is 52.0 Å². The highest BCUT2D eigenvalue weighted by Gasteiger charge is 2.34. The van der Waals surface area contributed by atoms with Crippen LogP contribution in [0.3, 0.4) is 0 Å². The van der Waals surface area contributed by atoms with Gasteiger partial charge in [-0.2, -0.15) is 0 Å². The van der Waals surface area contributed by atoms with Gasteiger partial charge in [-0.1, -0.05) is 81.0 Å². The maximum atomic E-state index is 15.7. The number of hydrogen-bond acceptors (Lipinski definition) is 6. The summed E-state index contributed by atoms with van der Waals surface area (Å²) >= 11 is 2.92. The molecule has 0 spiro atoms. The second kappa shape index (κ2) is 12.2. The Bertz CT molecular complexity index is 1450. The third-order valence-corrected chi connectivity index (χ3v) is 8.49. The molecule has 0 saturated carbocycles. The topological polar surface area (TPSA) is 46.2 Å². The Balaban J connectivity index is 1.58. The zero-order valence-electron chi connectivity index (χ0n) is 23.1. The molecule has 4 aromatic rings. The van der Waals surface area contributed by atoms with Crippen LogP contribution >= 0.6 is 23.3 Å². The van der Waals surface area contributed by atoms with E-state index in [-0.39, 0.29) is 17.4 Å². The van der Waals surface area contributed by atoms with Gasteiger partial charge in [0, 0.05) is 34.7 Å². The molecule has 3 aromatic carbocycles. The van der Waals surface area contributed by atoms with Gasteiger partial charge in [0.15, 0.2) is 5.13 Å². The number of aromatic nitrogens is 1. The fourth-order valence-corrected chi connectivity index (χ4v) is 6.27. The SMILES string of the molecule is CC(C)(C)COc1cccc(-c2sc3nc2-c2ccccc2C(F)(F)CCCCCNc2cccc(c2)SN3)c1. The first-order valence-corrected chi connectivity index (χ1v) is 15.3. The van der Waals surface area contributed by atoms with Crippen molar-refractivity contribution in [1.29, 1.82) is 0 Å². The summed E-state index contributed by atoms with van der Waals surface area (Å²) < 4.78 is 40.9. The highest BCUT2D eigenvalue weighted by Crippen LogP contribution is 2.46. The number of fused-ring (bicyclic) bond motifs is 6. The van der Waals surface area contributed by atoms with E-state index in [1.54, 1.807) is 18.2 Å². The number of anilines is 2. The minimum atomic E-state index is -2.97. The molecular formula is C32H35F2N3OS2. The first kappa shape index (κ1) is 28.4. The van der Waals surface area contributed by atoms with Crippen molar-refractivity contribution in [1.82, 2.24) is 4.98 Å². The van der Waals surface area contributed by atoms with Gasteiger partial charge in [-0.05, 0) is 66.1 Å². The van der Waals surface area contributed by atoms with E-state index in [2.05, 4.69) is 36.9 Å². The van der Waals surface area contributed by atoms with Crippen LogP contribution in [0.15, 0.2) is 77.7 Å². The lowest BCUT2D eigenvalue weighted by Gasteiger charge is -2.20. The number of benzene rings is 3. The number of nitrogens with zero attached hydrogens (tertiary/aromatic N) is 1. The number of rotatable bonds is 3. The molecule has 0 atom stereocenters. The van der Waals surface area contributed by atoms with Crippen LogP contribution < -0.4 is 14.8 Å². The molecule has 40 heavy (non-hydrogen) atoms. The van der Waals surface area contributed by atoms with Gasteiger partial charge >= 0.3 is 0 Å². The van der Waals surface area contributed by atoms with E-state index in [1.165, 1.54) is 23.3 Å². The second-order valence-electron chi connectivity index (χ2n) is 11.3. The van der Waals surface area contributed by atoms with Gasteiger partial charge in [0.2, 0.25) is 0 Å². The van der Waals surface area contributed by atoms with Gasteiger partial charge in [-0.15, -0.1) is 0 Å². The lowest BCUT2D eigenvalue weighted by molar-refractivity contribution is -0.0151. The zero-order chi connectivity index (χ0) is 28.2. The van der Waals surface area contributed by atoms with E-state index < -0.39 is 5.92 Å². The molecular weight excluding hydrogens is 545 g/mol. The Morgan fingerprint density at radius 3 is 2.62 bits per heavy atom. The Hall–Kier alpha value is -3.10. The van der Waals surface area contributed by atoms with E-state index in [0.29, 0.717) is 29.4 Å². The molecule has 4 bridgehead atoms. The molecule has 2 heterocycles. The number of hydrogen-bond donors (Lipinski definition) is 2. The summed E-state index contributed by atoms with van der Waals surface area (Å²) in [6, 6.07) is 22.8. The van der Waals surface area contributed by atoms with Gasteiger partial charge in [-0.25, -0.2) is 13.8 Å². The maximum Gasteiger partial charge on any atom is 0.273 e. The minimum absolute atomic E-state index is 0.0117. The molecule has 0 saturated heterocycles. The number of nitrogens with one attached hydrogen (secondary N) is 2. The van der Waals surface area contributed by atoms with Crippen LogP contribution in [0.4, 0.5) is 19.6 Å². The van der Waals surface area contributed by atoms with Crippen LogP contribution in [0.5, 0.6) is 5.75 Å². The van der Waals surface area contributed by atoms with Crippen molar-refractivity contribution in [2.24, 2.45) is 5.41 Å². The monoisotopic (exact) mass is 579 g/mol. The zero-order valence-corrected chi connectivity index (χ0v) is 24.7. The third-order valence-electron chi connectivity index (χ3n) is 6.56. The summed E-state index contributed by atoms with van der Waals surface area (Å²) in [7, 11) is 0. The average molecular weight is 580 g/mol. The summed E-state index contributed by atoms with van der Waals surface area (Å²) in [5.41, 5.74) is 2.95. The molecule has 0 unspecified atom stereocenters. The van der Waals surface area contributed by atoms with E-state index in [4.69, 9.17) is 9.72 Å². The molecule has 2 N–H and O–H groups in total. The van der Waals surface area contributed by atoms with Gasteiger partial charge in [0.05, 0.1) is 17.2 Å². The molecule has 0 amide bonds. The molecule has 0 aliphatic carbocycles. The summed E-state index contributed by atoms with van der Waals surface area (Å²) in [6.45, 7) is 7.69. The number of ether oxygens (including phenoxy) is 1. The average Bonchev–Trinajstić information content (AvgIpc) is 3.37. The predicted molar refractivity (Wildman–Crippen MR) is 165 cm³/mol. The van der Waals surface area contributed by atoms with Crippen molar-refractivity contribution in [2.45, 2.75) is 57.3 Å². The second-order valence-corrected chi connectivity index (χ2v) is 13.2. The summed E-state index contributed by atoms with van der Waals surface area (Å²) in [4.78, 5) is 6.76. The molecule has 8 heteroatoms. The van der Waals surface area contributed by atoms with Gasteiger partial charge in [0.25, 0.3) is 5.92 Å². The van der Waals surface area contributed by atoms with Gasteiger partial charge in [-0.3, -0.25) is 0 Å². The van der Waals surface area contributed by atoms with Crippen LogP contribution in [0.2, 0.25) is 0 Å². The van der Waals surface area contributed by atoms with Crippen LogP contribution in [0.25, 0.3) is 21.7 Å². The first-order chi connectivity index (χ1) is 19.2. The normalized spacial score (nSPS) is 15.7. The largest absolute Gasteiger partial charge is 0.493 e. The highest BCUT2D eigenvalue weighted by atomic mass is 32.2. The Kier molecular flexibility index (Phi) is 8.66. The Morgan fingerprint density at radius 2 is 1.77 bits per heavy atom. The van der Waals surface area contributed by atoms with Crippen LogP contribution in [-0.2, 0) is 5.92 Å². The molecule has 1 aliphatic rings. The Labute approximate surface area is 243 Å². The molecule has 1 aromatic heterocycles. The van der Waals surface area contributed by atoms with Crippen molar-refractivity contribution in [3.05, 3.63) is 78.4 Å². The smallest absolute Gasteiger partial charge is 0.273 e. The maximum absolute atomic E-state index is 15.7. The van der Waals surface area contributed by atoms with Crippen molar-refractivity contribution in [3.63, 3.8) is 0 Å². The lowest BCUT2D eigenvalue weighted by Crippen LogP contribution is -2.16. The standard InChI is InChI=1S/C32H35F2N3OS2/c1-31(2,3)21-38-24-13-9-11-22(19-24)29-28-26-15-5-6-16-27(26)32(33,34)17-7-4-8-18-35-23-12-10-14-25(20-23)40-37-30(36-28)39-29/h5-6,9-16,19-20,35H,4,7-8,17-18,21H2,1-3H3,(H,36,37). The summed E-state index contributed by atoms with van der Waals surface area (Å²) in [5.74, 6) is -2.22. The van der Waals surface area contributed by atoms with Crippen molar-refractivity contribution >= 4 is 34.1 Å². The lowest BCUT2D eigenvalue weighted by atomic mass is 9.94. The first-order valence-electron chi connectivity index (χ1n) is 13.7. The minimum Gasteiger partial charge on any atom is -0.493 e. The number of halogens is 2. The quantitative estimate of drug-likeness (QED) is 0.237. The molecule has 0 fully saturated rings. The van der Waals surface area contributed by atoms with Crippen molar-refractivity contribution in [2.75, 3.05) is 23.2 Å². The van der Waals surface area contributed by atoms with Gasteiger partial charge in [0.1, 0.15) is 5.75 Å². The molecule has 1 aliphatic heterocycles. The van der Waals surface area contributed by atoms with E-state index in [1.807, 2.05) is 48.5 Å². The van der Waals surface area contributed by atoms with E-state index >= 15 is 8.78 Å². The van der Waals surface area contributed by atoms with Crippen molar-refractivity contribution in [3.8, 4) is 27.4 Å². The summed E-state index contributed by atoms with van der Waals surface area (Å²) in [6.07, 6.45) is 1.81.